The zero-order valence-corrected chi connectivity index (χ0v) is 16.0. The van der Waals surface area contributed by atoms with Crippen LogP contribution in [0.4, 0.5) is 11.4 Å². The second-order valence-corrected chi connectivity index (χ2v) is 7.12. The Morgan fingerprint density at radius 2 is 1.93 bits per heavy atom. The Kier molecular flexibility index (Phi) is 7.06. The first kappa shape index (κ1) is 19.6. The van der Waals surface area contributed by atoms with Gasteiger partial charge in [-0.15, -0.1) is 0 Å². The lowest BCUT2D eigenvalue weighted by atomic mass is 10.1. The van der Waals surface area contributed by atoms with Crippen LogP contribution in [0.5, 0.6) is 0 Å². The molecule has 148 valence electrons. The van der Waals surface area contributed by atoms with Gasteiger partial charge in [0.1, 0.15) is 0 Å². The van der Waals surface area contributed by atoms with Crippen molar-refractivity contribution in [2.24, 2.45) is 0 Å². The fraction of sp³-hybridized carbons (Fsp3) is 0.600. The van der Waals surface area contributed by atoms with Crippen molar-refractivity contribution in [2.45, 2.75) is 31.8 Å². The van der Waals surface area contributed by atoms with E-state index in [1.54, 1.807) is 7.05 Å². The van der Waals surface area contributed by atoms with Crippen molar-refractivity contribution >= 4 is 23.2 Å². The van der Waals surface area contributed by atoms with E-state index in [2.05, 4.69) is 10.2 Å². The number of hydrogen-bond acceptors (Lipinski definition) is 5. The van der Waals surface area contributed by atoms with Gasteiger partial charge in [-0.3, -0.25) is 9.59 Å². The van der Waals surface area contributed by atoms with E-state index in [4.69, 9.17) is 9.47 Å². The van der Waals surface area contributed by atoms with E-state index >= 15 is 0 Å². The van der Waals surface area contributed by atoms with Crippen molar-refractivity contribution in [3.05, 3.63) is 24.3 Å². The number of rotatable bonds is 7. The van der Waals surface area contributed by atoms with Gasteiger partial charge >= 0.3 is 0 Å². The Bertz CT molecular complexity index is 623. The lowest BCUT2D eigenvalue weighted by Crippen LogP contribution is -2.36. The van der Waals surface area contributed by atoms with Gasteiger partial charge in [0, 0.05) is 44.5 Å². The molecule has 0 aliphatic carbocycles. The molecule has 0 aromatic heterocycles. The molecule has 2 amide bonds. The van der Waals surface area contributed by atoms with Gasteiger partial charge in [0.15, 0.2) is 0 Å². The SMILES string of the molecule is CN(CC(=O)Nc1ccc(N2CCOCC2)cc1)C(=O)CCC1CCCO1. The molecule has 1 N–H and O–H groups in total. The van der Waals surface area contributed by atoms with Crippen LogP contribution in [-0.4, -0.2) is 69.3 Å². The molecule has 2 aliphatic heterocycles. The molecular weight excluding hydrogens is 346 g/mol. The first-order valence-corrected chi connectivity index (χ1v) is 9.70. The Hall–Kier alpha value is -2.12. The smallest absolute Gasteiger partial charge is 0.243 e. The van der Waals surface area contributed by atoms with E-state index in [0.29, 0.717) is 6.42 Å². The molecule has 0 bridgehead atoms. The fourth-order valence-corrected chi connectivity index (χ4v) is 3.43. The van der Waals surface area contributed by atoms with E-state index in [0.717, 1.165) is 63.5 Å². The topological polar surface area (TPSA) is 71.1 Å². The Morgan fingerprint density at radius 1 is 1.19 bits per heavy atom. The van der Waals surface area contributed by atoms with Crippen LogP contribution in [0.15, 0.2) is 24.3 Å². The number of nitrogens with one attached hydrogen (secondary N) is 1. The molecule has 2 saturated heterocycles. The lowest BCUT2D eigenvalue weighted by molar-refractivity contribution is -0.133. The molecule has 1 atom stereocenters. The lowest BCUT2D eigenvalue weighted by Gasteiger charge is -2.28. The first-order valence-electron chi connectivity index (χ1n) is 9.70. The summed E-state index contributed by atoms with van der Waals surface area (Å²) in [4.78, 5) is 28.1. The fourth-order valence-electron chi connectivity index (χ4n) is 3.43. The Balaban J connectivity index is 1.41. The van der Waals surface area contributed by atoms with Gasteiger partial charge in [-0.25, -0.2) is 0 Å². The number of carbonyl (C=O) groups is 2. The van der Waals surface area contributed by atoms with Crippen molar-refractivity contribution in [3.63, 3.8) is 0 Å². The predicted molar refractivity (Wildman–Crippen MR) is 104 cm³/mol. The van der Waals surface area contributed by atoms with Crippen LogP contribution in [0, 0.1) is 0 Å². The standard InChI is InChI=1S/C20H29N3O4/c1-22(20(25)9-8-18-3-2-12-27-18)15-19(24)21-16-4-6-17(7-5-16)23-10-13-26-14-11-23/h4-7,18H,2-3,8-15H2,1H3,(H,21,24). The zero-order valence-electron chi connectivity index (χ0n) is 16.0. The number of carbonyl (C=O) groups excluding carboxylic acids is 2. The van der Waals surface area contributed by atoms with Crippen molar-refractivity contribution in [1.82, 2.24) is 4.90 Å². The van der Waals surface area contributed by atoms with Crippen molar-refractivity contribution < 1.29 is 19.1 Å². The second kappa shape index (κ2) is 9.71. The van der Waals surface area contributed by atoms with Crippen LogP contribution < -0.4 is 10.2 Å². The molecule has 2 fully saturated rings. The molecule has 0 spiro atoms. The van der Waals surface area contributed by atoms with Crippen LogP contribution in [0.2, 0.25) is 0 Å². The van der Waals surface area contributed by atoms with E-state index in [1.807, 2.05) is 24.3 Å². The Morgan fingerprint density at radius 3 is 2.59 bits per heavy atom. The summed E-state index contributed by atoms with van der Waals surface area (Å²) in [6, 6.07) is 7.78. The van der Waals surface area contributed by atoms with Crippen LogP contribution in [0.1, 0.15) is 25.7 Å². The zero-order chi connectivity index (χ0) is 19.1. The third-order valence-corrected chi connectivity index (χ3v) is 5.04. The predicted octanol–water partition coefficient (Wildman–Crippen LogP) is 1.88. The molecule has 2 aliphatic rings. The maximum atomic E-state index is 12.2. The summed E-state index contributed by atoms with van der Waals surface area (Å²) in [6.07, 6.45) is 3.44. The van der Waals surface area contributed by atoms with Gasteiger partial charge in [0.2, 0.25) is 11.8 Å². The number of amides is 2. The molecule has 7 nitrogen and oxygen atoms in total. The van der Waals surface area contributed by atoms with Crippen molar-refractivity contribution in [1.29, 1.82) is 0 Å². The van der Waals surface area contributed by atoms with Crippen molar-refractivity contribution in [3.8, 4) is 0 Å². The van der Waals surface area contributed by atoms with E-state index in [-0.39, 0.29) is 24.5 Å². The highest BCUT2D eigenvalue weighted by Gasteiger charge is 2.19. The minimum Gasteiger partial charge on any atom is -0.378 e. The van der Waals surface area contributed by atoms with Crippen LogP contribution in [0.25, 0.3) is 0 Å². The average molecular weight is 375 g/mol. The summed E-state index contributed by atoms with van der Waals surface area (Å²) in [5, 5.41) is 2.85. The largest absolute Gasteiger partial charge is 0.378 e. The molecular formula is C20H29N3O4. The molecule has 1 unspecified atom stereocenters. The number of ether oxygens (including phenoxy) is 2. The number of morpholine rings is 1. The number of benzene rings is 1. The average Bonchev–Trinajstić information content (AvgIpc) is 3.21. The third-order valence-electron chi connectivity index (χ3n) is 5.04. The monoisotopic (exact) mass is 375 g/mol. The van der Waals surface area contributed by atoms with Gasteiger partial charge in [-0.1, -0.05) is 0 Å². The number of likely N-dealkylation sites (N-methyl/N-ethyl adjacent to an activating group) is 1. The van der Waals surface area contributed by atoms with Crippen LogP contribution >= 0.6 is 0 Å². The normalized spacial score (nSPS) is 19.7. The molecule has 7 heteroatoms. The second-order valence-electron chi connectivity index (χ2n) is 7.12. The molecule has 3 rings (SSSR count). The summed E-state index contributed by atoms with van der Waals surface area (Å²) < 4.78 is 10.9. The summed E-state index contributed by atoms with van der Waals surface area (Å²) in [5.41, 5.74) is 1.86. The van der Waals surface area contributed by atoms with Crippen molar-refractivity contribution in [2.75, 3.05) is 56.7 Å². The maximum absolute atomic E-state index is 12.2. The number of hydrogen-bond donors (Lipinski definition) is 1. The van der Waals surface area contributed by atoms with Crippen LogP contribution in [-0.2, 0) is 19.1 Å². The highest BCUT2D eigenvalue weighted by molar-refractivity contribution is 5.94. The Labute approximate surface area is 160 Å². The van der Waals surface area contributed by atoms with Gasteiger partial charge in [-0.05, 0) is 43.5 Å². The third kappa shape index (κ3) is 5.94. The molecule has 0 saturated carbocycles. The van der Waals surface area contributed by atoms with Crippen LogP contribution in [0.3, 0.4) is 0 Å². The molecule has 1 aromatic carbocycles. The molecule has 27 heavy (non-hydrogen) atoms. The summed E-state index contributed by atoms with van der Waals surface area (Å²) in [5.74, 6) is -0.217. The molecule has 0 radical (unpaired) electrons. The minimum absolute atomic E-state index is 0.0247. The maximum Gasteiger partial charge on any atom is 0.243 e. The van der Waals surface area contributed by atoms with Gasteiger partial charge in [0.25, 0.3) is 0 Å². The van der Waals surface area contributed by atoms with E-state index < -0.39 is 0 Å². The van der Waals surface area contributed by atoms with Gasteiger partial charge < -0.3 is 24.6 Å². The highest BCUT2D eigenvalue weighted by atomic mass is 16.5. The first-order chi connectivity index (χ1) is 13.1. The van der Waals surface area contributed by atoms with Gasteiger partial charge in [-0.2, -0.15) is 0 Å². The molecule has 1 aromatic rings. The summed E-state index contributed by atoms with van der Waals surface area (Å²) in [7, 11) is 1.67. The minimum atomic E-state index is -0.193. The van der Waals surface area contributed by atoms with E-state index in [9.17, 15) is 9.59 Å². The van der Waals surface area contributed by atoms with Gasteiger partial charge in [0.05, 0.1) is 25.9 Å². The number of nitrogens with zero attached hydrogens (tertiary/aromatic N) is 2. The quantitative estimate of drug-likeness (QED) is 0.788. The van der Waals surface area contributed by atoms with E-state index in [1.165, 1.54) is 4.90 Å². The summed E-state index contributed by atoms with van der Waals surface area (Å²) in [6.45, 7) is 4.09. The summed E-state index contributed by atoms with van der Waals surface area (Å²) >= 11 is 0. The highest BCUT2D eigenvalue weighted by Crippen LogP contribution is 2.19. The molecule has 2 heterocycles. The number of anilines is 2.